The van der Waals surface area contributed by atoms with Gasteiger partial charge in [-0.3, -0.25) is 14.2 Å². The van der Waals surface area contributed by atoms with E-state index in [-0.39, 0.29) is 18.0 Å². The van der Waals surface area contributed by atoms with Crippen LogP contribution in [0.3, 0.4) is 0 Å². The van der Waals surface area contributed by atoms with Gasteiger partial charge in [-0.2, -0.15) is 5.10 Å². The fraction of sp³-hybridized carbons (Fsp3) is 0.100. The Morgan fingerprint density at radius 3 is 2.61 bits per heavy atom. The molecule has 0 saturated heterocycles. The van der Waals surface area contributed by atoms with Crippen molar-refractivity contribution in [1.82, 2.24) is 19.3 Å². The number of aromatic nitrogens is 4. The number of anilines is 1. The van der Waals surface area contributed by atoms with Crippen molar-refractivity contribution in [3.8, 4) is 11.1 Å². The number of fused-ring (bicyclic) bond motifs is 1. The van der Waals surface area contributed by atoms with Crippen LogP contribution in [0, 0.1) is 0 Å². The molecule has 0 radical (unpaired) electrons. The molecule has 140 valence electrons. The van der Waals surface area contributed by atoms with E-state index in [0.717, 1.165) is 11.1 Å². The first-order valence-electron chi connectivity index (χ1n) is 8.56. The van der Waals surface area contributed by atoms with Crippen molar-refractivity contribution in [3.63, 3.8) is 0 Å². The fourth-order valence-electron chi connectivity index (χ4n) is 3.05. The zero-order chi connectivity index (χ0) is 19.7. The van der Waals surface area contributed by atoms with Crippen LogP contribution in [-0.4, -0.2) is 25.2 Å². The normalized spacial score (nSPS) is 10.9. The Bertz CT molecular complexity index is 1230. The lowest BCUT2D eigenvalue weighted by Crippen LogP contribution is -2.28. The van der Waals surface area contributed by atoms with Gasteiger partial charge < -0.3 is 5.32 Å². The highest BCUT2D eigenvalue weighted by atomic mass is 79.9. The number of carbonyl (C=O) groups excluding carboxylic acids is 1. The van der Waals surface area contributed by atoms with E-state index in [9.17, 15) is 9.59 Å². The smallest absolute Gasteiger partial charge is 0.266 e. The molecule has 2 heterocycles. The molecule has 0 saturated carbocycles. The second-order valence-corrected chi connectivity index (χ2v) is 7.00. The summed E-state index contributed by atoms with van der Waals surface area (Å²) in [5, 5.41) is 7.38. The molecule has 0 aliphatic rings. The van der Waals surface area contributed by atoms with Gasteiger partial charge in [-0.1, -0.05) is 48.5 Å². The molecule has 1 amide bonds. The minimum absolute atomic E-state index is 0.147. The van der Waals surface area contributed by atoms with Crippen LogP contribution >= 0.6 is 15.9 Å². The van der Waals surface area contributed by atoms with Crippen molar-refractivity contribution in [2.75, 3.05) is 5.32 Å². The minimum Gasteiger partial charge on any atom is -0.324 e. The molecule has 1 N–H and O–H groups in total. The lowest BCUT2D eigenvalue weighted by molar-refractivity contribution is -0.116. The molecule has 28 heavy (non-hydrogen) atoms. The molecule has 2 aromatic carbocycles. The van der Waals surface area contributed by atoms with E-state index >= 15 is 0 Å². The molecule has 8 heteroatoms. The Hall–Kier alpha value is -3.26. The highest BCUT2D eigenvalue weighted by Gasteiger charge is 2.15. The highest BCUT2D eigenvalue weighted by Crippen LogP contribution is 2.27. The second kappa shape index (κ2) is 7.40. The first-order chi connectivity index (χ1) is 13.5. The van der Waals surface area contributed by atoms with Crippen LogP contribution < -0.4 is 10.9 Å². The summed E-state index contributed by atoms with van der Waals surface area (Å²) in [6.07, 6.45) is 1.36. The summed E-state index contributed by atoms with van der Waals surface area (Å²) in [6, 6.07) is 17.3. The average Bonchev–Trinajstić information content (AvgIpc) is 2.99. The van der Waals surface area contributed by atoms with Crippen LogP contribution in [-0.2, 0) is 18.4 Å². The molecular weight excluding hydrogens is 422 g/mol. The summed E-state index contributed by atoms with van der Waals surface area (Å²) < 4.78 is 3.20. The zero-order valence-corrected chi connectivity index (χ0v) is 16.5. The summed E-state index contributed by atoms with van der Waals surface area (Å²) >= 11 is 3.27. The van der Waals surface area contributed by atoms with Gasteiger partial charge >= 0.3 is 0 Å². The van der Waals surface area contributed by atoms with E-state index in [0.29, 0.717) is 21.3 Å². The maximum absolute atomic E-state index is 12.7. The Kier molecular flexibility index (Phi) is 4.79. The molecule has 0 unspecified atom stereocenters. The van der Waals surface area contributed by atoms with E-state index in [2.05, 4.69) is 31.3 Å². The number of benzene rings is 2. The Morgan fingerprint density at radius 1 is 1.11 bits per heavy atom. The number of halogens is 1. The molecule has 0 fully saturated rings. The van der Waals surface area contributed by atoms with Crippen molar-refractivity contribution in [2.45, 2.75) is 6.54 Å². The van der Waals surface area contributed by atoms with Crippen molar-refractivity contribution in [2.24, 2.45) is 7.05 Å². The number of nitrogens with one attached hydrogen (secondary N) is 1. The van der Waals surface area contributed by atoms with E-state index in [1.807, 2.05) is 54.6 Å². The molecule has 0 bridgehead atoms. The van der Waals surface area contributed by atoms with Gasteiger partial charge in [-0.15, -0.1) is 0 Å². The quantitative estimate of drug-likeness (QED) is 0.531. The molecule has 0 aliphatic carbocycles. The first kappa shape index (κ1) is 18.1. The average molecular weight is 438 g/mol. The highest BCUT2D eigenvalue weighted by molar-refractivity contribution is 9.10. The maximum Gasteiger partial charge on any atom is 0.266 e. The van der Waals surface area contributed by atoms with Crippen molar-refractivity contribution < 1.29 is 4.79 Å². The van der Waals surface area contributed by atoms with Gasteiger partial charge in [-0.25, -0.2) is 9.67 Å². The van der Waals surface area contributed by atoms with Crippen LogP contribution in [0.25, 0.3) is 22.2 Å². The summed E-state index contributed by atoms with van der Waals surface area (Å²) in [4.78, 5) is 29.6. The third kappa shape index (κ3) is 3.34. The largest absolute Gasteiger partial charge is 0.324 e. The van der Waals surface area contributed by atoms with E-state index in [1.54, 1.807) is 7.05 Å². The van der Waals surface area contributed by atoms with Gasteiger partial charge in [0.25, 0.3) is 5.56 Å². The van der Waals surface area contributed by atoms with E-state index in [1.165, 1.54) is 15.6 Å². The predicted octanol–water partition coefficient (Wildman–Crippen LogP) is 3.20. The van der Waals surface area contributed by atoms with E-state index in [4.69, 9.17) is 0 Å². The van der Waals surface area contributed by atoms with Crippen molar-refractivity contribution >= 4 is 38.6 Å². The molecule has 4 rings (SSSR count). The lowest BCUT2D eigenvalue weighted by Gasteiger charge is -2.12. The van der Waals surface area contributed by atoms with Crippen LogP contribution in [0.1, 0.15) is 0 Å². The summed E-state index contributed by atoms with van der Waals surface area (Å²) in [6.45, 7) is -0.147. The van der Waals surface area contributed by atoms with Crippen LogP contribution in [0.4, 0.5) is 5.69 Å². The Labute approximate surface area is 168 Å². The zero-order valence-electron chi connectivity index (χ0n) is 15.0. The number of nitrogens with zero attached hydrogens (tertiary/aromatic N) is 4. The first-order valence-corrected chi connectivity index (χ1v) is 9.36. The third-order valence-electron chi connectivity index (χ3n) is 4.37. The molecule has 2 aromatic heterocycles. The monoisotopic (exact) mass is 437 g/mol. The van der Waals surface area contributed by atoms with Gasteiger partial charge in [0.15, 0.2) is 5.65 Å². The number of hydrogen-bond donors (Lipinski definition) is 1. The summed E-state index contributed by atoms with van der Waals surface area (Å²) in [5.74, 6) is -0.313. The lowest BCUT2D eigenvalue weighted by atomic mass is 10.0. The number of rotatable bonds is 4. The Balaban J connectivity index is 1.61. The van der Waals surface area contributed by atoms with Gasteiger partial charge in [0, 0.05) is 18.3 Å². The van der Waals surface area contributed by atoms with Crippen LogP contribution in [0.2, 0.25) is 0 Å². The molecule has 7 nitrogen and oxygen atoms in total. The number of amides is 1. The number of hydrogen-bond acceptors (Lipinski definition) is 4. The topological polar surface area (TPSA) is 81.8 Å². The predicted molar refractivity (Wildman–Crippen MR) is 111 cm³/mol. The standard InChI is InChI=1S/C20H16BrN5O2/c1-25-19-17(18(21)24-25)20(28)26(12-22-19)11-16(27)23-15-10-6-5-9-14(15)13-7-3-2-4-8-13/h2-10,12H,11H2,1H3,(H,23,27). The molecular formula is C20H16BrN5O2. The van der Waals surface area contributed by atoms with E-state index < -0.39 is 0 Å². The van der Waals surface area contributed by atoms with Crippen molar-refractivity contribution in [3.05, 3.63) is 75.9 Å². The maximum atomic E-state index is 12.7. The Morgan fingerprint density at radius 2 is 1.82 bits per heavy atom. The SMILES string of the molecule is Cn1nc(Br)c2c(=O)n(CC(=O)Nc3ccccc3-c3ccccc3)cnc21. The van der Waals surface area contributed by atoms with Crippen LogP contribution in [0.15, 0.2) is 70.3 Å². The molecule has 0 spiro atoms. The number of carbonyl (C=O) groups is 1. The molecule has 4 aromatic rings. The van der Waals surface area contributed by atoms with Gasteiger partial charge in [0.05, 0.1) is 0 Å². The van der Waals surface area contributed by atoms with Gasteiger partial charge in [0.2, 0.25) is 5.91 Å². The summed E-state index contributed by atoms with van der Waals surface area (Å²) in [7, 11) is 1.71. The van der Waals surface area contributed by atoms with Gasteiger partial charge in [0.1, 0.15) is 22.9 Å². The van der Waals surface area contributed by atoms with Gasteiger partial charge in [-0.05, 0) is 27.6 Å². The second-order valence-electron chi connectivity index (χ2n) is 6.25. The molecule has 0 atom stereocenters. The fourth-order valence-corrected chi connectivity index (χ4v) is 3.64. The summed E-state index contributed by atoms with van der Waals surface area (Å²) in [5.41, 5.74) is 2.73. The third-order valence-corrected chi connectivity index (χ3v) is 4.92. The molecule has 0 aliphatic heterocycles. The number of para-hydroxylation sites is 1. The number of aryl methyl sites for hydroxylation is 1. The van der Waals surface area contributed by atoms with Crippen LogP contribution in [0.5, 0.6) is 0 Å². The van der Waals surface area contributed by atoms with Crippen molar-refractivity contribution in [1.29, 1.82) is 0 Å². The minimum atomic E-state index is -0.323.